The number of carbonyl (C=O) groups is 2. The van der Waals surface area contributed by atoms with Gasteiger partial charge in [0.2, 0.25) is 0 Å². The summed E-state index contributed by atoms with van der Waals surface area (Å²) in [6, 6.07) is 10.7. The minimum Gasteiger partial charge on any atom is -0.512 e. The van der Waals surface area contributed by atoms with E-state index in [4.69, 9.17) is 11.6 Å². The van der Waals surface area contributed by atoms with Crippen molar-refractivity contribution in [2.24, 2.45) is 0 Å². The van der Waals surface area contributed by atoms with Crippen LogP contribution in [-0.4, -0.2) is 25.1 Å². The second-order valence-corrected chi connectivity index (χ2v) is 11.0. The molecular formula is C27H25ClN2O5S. The average molecular weight is 525 g/mol. The van der Waals surface area contributed by atoms with E-state index in [0.29, 0.717) is 11.1 Å². The highest BCUT2D eigenvalue weighted by molar-refractivity contribution is 7.92. The molecule has 0 atom stereocenters. The second-order valence-electron chi connectivity index (χ2n) is 8.87. The Morgan fingerprint density at radius 2 is 1.81 bits per heavy atom. The van der Waals surface area contributed by atoms with Crippen molar-refractivity contribution in [1.29, 1.82) is 5.26 Å². The number of aliphatic hydroxyl groups is 1. The molecule has 9 heteroatoms. The molecule has 0 unspecified atom stereocenters. The standard InChI is InChI=1S/C27H25ClN2O5S/c1-17(31)25-22(28)13-14-23(26(25)24(33)15-18-5-4-6-20(32)10-7-18)30-36(34,35)21-11-8-19(9-12-21)27(2,3)16-29/h4-9,11-14,30,32H,10,15H2,1-3H3. The van der Waals surface area contributed by atoms with E-state index in [1.54, 1.807) is 44.2 Å². The van der Waals surface area contributed by atoms with Crippen LogP contribution in [0.3, 0.4) is 0 Å². The van der Waals surface area contributed by atoms with Gasteiger partial charge in [0.25, 0.3) is 10.0 Å². The summed E-state index contributed by atoms with van der Waals surface area (Å²) in [5.41, 5.74) is 0.170. The number of nitrogens with one attached hydrogen (secondary N) is 1. The Morgan fingerprint density at radius 3 is 2.42 bits per heavy atom. The van der Waals surface area contributed by atoms with E-state index in [2.05, 4.69) is 10.8 Å². The largest absolute Gasteiger partial charge is 0.512 e. The minimum atomic E-state index is -4.15. The summed E-state index contributed by atoms with van der Waals surface area (Å²) < 4.78 is 28.8. The van der Waals surface area contributed by atoms with Gasteiger partial charge >= 0.3 is 0 Å². The molecule has 0 radical (unpaired) electrons. The Bertz CT molecular complexity index is 1460. The predicted molar refractivity (Wildman–Crippen MR) is 139 cm³/mol. The molecule has 0 saturated heterocycles. The number of hydrogen-bond acceptors (Lipinski definition) is 6. The molecule has 3 rings (SSSR count). The Morgan fingerprint density at radius 1 is 1.14 bits per heavy atom. The molecule has 2 aromatic rings. The van der Waals surface area contributed by atoms with Crippen LogP contribution in [0.25, 0.3) is 0 Å². The fraction of sp³-hybridized carbons (Fsp3) is 0.222. The van der Waals surface area contributed by atoms with E-state index in [-0.39, 0.29) is 45.3 Å². The molecule has 0 aliphatic heterocycles. The van der Waals surface area contributed by atoms with Crippen molar-refractivity contribution in [3.8, 4) is 6.07 Å². The Balaban J connectivity index is 2.02. The molecule has 0 bridgehead atoms. The first-order valence-electron chi connectivity index (χ1n) is 11.0. The number of Topliss-reactive ketones (excluding diaryl/α,β-unsaturated/α-hetero) is 2. The first-order chi connectivity index (χ1) is 16.9. The lowest BCUT2D eigenvalue weighted by Crippen LogP contribution is -2.19. The summed E-state index contributed by atoms with van der Waals surface area (Å²) in [4.78, 5) is 25.7. The third-order valence-corrected chi connectivity index (χ3v) is 7.43. The van der Waals surface area contributed by atoms with Gasteiger partial charge in [0.1, 0.15) is 0 Å². The molecule has 2 N–H and O–H groups in total. The molecule has 36 heavy (non-hydrogen) atoms. The number of ketones is 2. The van der Waals surface area contributed by atoms with Gasteiger partial charge in [-0.05, 0) is 62.2 Å². The number of anilines is 1. The molecule has 0 heterocycles. The highest BCUT2D eigenvalue weighted by Gasteiger charge is 2.26. The van der Waals surface area contributed by atoms with Gasteiger partial charge in [-0.3, -0.25) is 14.3 Å². The van der Waals surface area contributed by atoms with Crippen molar-refractivity contribution in [2.75, 3.05) is 4.72 Å². The van der Waals surface area contributed by atoms with Gasteiger partial charge in [0, 0.05) is 18.4 Å². The van der Waals surface area contributed by atoms with Crippen molar-refractivity contribution >= 4 is 38.9 Å². The summed E-state index contributed by atoms with van der Waals surface area (Å²) in [5.74, 6) is -0.862. The lowest BCUT2D eigenvalue weighted by Gasteiger charge is -2.18. The van der Waals surface area contributed by atoms with Crippen LogP contribution in [0.1, 0.15) is 59.9 Å². The van der Waals surface area contributed by atoms with Crippen LogP contribution in [0, 0.1) is 11.3 Å². The van der Waals surface area contributed by atoms with Crippen LogP contribution >= 0.6 is 11.6 Å². The van der Waals surface area contributed by atoms with Crippen LogP contribution < -0.4 is 4.72 Å². The lowest BCUT2D eigenvalue weighted by molar-refractivity contribution is 0.0970. The number of rotatable bonds is 8. The first-order valence-corrected chi connectivity index (χ1v) is 12.9. The zero-order valence-electron chi connectivity index (χ0n) is 20.0. The number of carbonyl (C=O) groups excluding carboxylic acids is 2. The summed E-state index contributed by atoms with van der Waals surface area (Å²) in [5, 5.41) is 19.0. The Labute approximate surface area is 215 Å². The molecule has 186 valence electrons. The maximum atomic E-state index is 13.4. The number of nitriles is 1. The van der Waals surface area contributed by atoms with Crippen molar-refractivity contribution < 1.29 is 23.1 Å². The smallest absolute Gasteiger partial charge is 0.261 e. The summed E-state index contributed by atoms with van der Waals surface area (Å²) in [7, 11) is -4.15. The summed E-state index contributed by atoms with van der Waals surface area (Å²) in [6.07, 6.45) is 6.56. The maximum absolute atomic E-state index is 13.4. The highest BCUT2D eigenvalue weighted by atomic mass is 35.5. The quantitative estimate of drug-likeness (QED) is 0.405. The first kappa shape index (κ1) is 26.9. The van der Waals surface area contributed by atoms with Crippen molar-refractivity contribution in [3.05, 3.63) is 93.7 Å². The molecule has 1 aliphatic rings. The van der Waals surface area contributed by atoms with Gasteiger partial charge in [-0.15, -0.1) is 0 Å². The molecule has 0 fully saturated rings. The normalized spacial score (nSPS) is 13.8. The fourth-order valence-corrected chi connectivity index (χ4v) is 5.04. The molecular weight excluding hydrogens is 500 g/mol. The molecule has 0 spiro atoms. The number of aliphatic hydroxyl groups excluding tert-OH is 1. The predicted octanol–water partition coefficient (Wildman–Crippen LogP) is 6.05. The zero-order chi connectivity index (χ0) is 26.7. The molecule has 0 saturated carbocycles. The average Bonchev–Trinajstić information content (AvgIpc) is 3.03. The van der Waals surface area contributed by atoms with Crippen LogP contribution in [0.5, 0.6) is 0 Å². The molecule has 2 aromatic carbocycles. The van der Waals surface area contributed by atoms with E-state index >= 15 is 0 Å². The monoisotopic (exact) mass is 524 g/mol. The number of sulfonamides is 1. The van der Waals surface area contributed by atoms with Crippen molar-refractivity contribution in [1.82, 2.24) is 0 Å². The topological polar surface area (TPSA) is 124 Å². The number of allylic oxidation sites excluding steroid dienone is 5. The van der Waals surface area contributed by atoms with Crippen molar-refractivity contribution in [2.45, 2.75) is 43.9 Å². The van der Waals surface area contributed by atoms with Gasteiger partial charge in [-0.1, -0.05) is 42.0 Å². The fourth-order valence-electron chi connectivity index (χ4n) is 3.67. The van der Waals surface area contributed by atoms with Crippen LogP contribution in [0.2, 0.25) is 5.02 Å². The summed E-state index contributed by atoms with van der Waals surface area (Å²) in [6.45, 7) is 4.69. The number of halogens is 1. The van der Waals surface area contributed by atoms with E-state index in [1.807, 2.05) is 0 Å². The van der Waals surface area contributed by atoms with Gasteiger partial charge in [-0.25, -0.2) is 8.42 Å². The van der Waals surface area contributed by atoms with E-state index in [9.17, 15) is 28.4 Å². The van der Waals surface area contributed by atoms with Gasteiger partial charge in [0.05, 0.1) is 38.4 Å². The minimum absolute atomic E-state index is 0.0292. The Kier molecular flexibility index (Phi) is 7.87. The number of benzene rings is 2. The Hall–Kier alpha value is -3.67. The van der Waals surface area contributed by atoms with Gasteiger partial charge in [-0.2, -0.15) is 5.26 Å². The summed E-state index contributed by atoms with van der Waals surface area (Å²) >= 11 is 6.24. The maximum Gasteiger partial charge on any atom is 0.261 e. The van der Waals surface area contributed by atoms with Gasteiger partial charge < -0.3 is 5.11 Å². The van der Waals surface area contributed by atoms with Crippen LogP contribution in [0.15, 0.2) is 76.9 Å². The number of hydrogen-bond donors (Lipinski definition) is 2. The zero-order valence-corrected chi connectivity index (χ0v) is 21.6. The SMILES string of the molecule is CC(=O)c1c(Cl)ccc(NS(=O)(=O)c2ccc(C(C)(C)C#N)cc2)c1C(=O)CC1=CCC(O)=CC=C1. The molecule has 1 aliphatic carbocycles. The number of nitrogens with zero attached hydrogens (tertiary/aromatic N) is 1. The highest BCUT2D eigenvalue weighted by Crippen LogP contribution is 2.32. The second kappa shape index (κ2) is 10.5. The molecule has 0 amide bonds. The van der Waals surface area contributed by atoms with E-state index < -0.39 is 27.0 Å². The van der Waals surface area contributed by atoms with E-state index in [0.717, 1.165) is 0 Å². The molecule has 0 aromatic heterocycles. The third-order valence-electron chi connectivity index (χ3n) is 5.73. The third kappa shape index (κ3) is 5.93. The van der Waals surface area contributed by atoms with Crippen molar-refractivity contribution in [3.63, 3.8) is 0 Å². The molecule has 7 nitrogen and oxygen atoms in total. The van der Waals surface area contributed by atoms with Crippen LogP contribution in [0.4, 0.5) is 5.69 Å². The van der Waals surface area contributed by atoms with E-state index in [1.165, 1.54) is 37.3 Å². The lowest BCUT2D eigenvalue weighted by atomic mass is 9.87. The van der Waals surface area contributed by atoms with Crippen LogP contribution in [-0.2, 0) is 15.4 Å². The van der Waals surface area contributed by atoms with Gasteiger partial charge in [0.15, 0.2) is 11.6 Å².